The van der Waals surface area contributed by atoms with Crippen molar-refractivity contribution in [3.05, 3.63) is 0 Å². The zero-order chi connectivity index (χ0) is 12.8. The van der Waals surface area contributed by atoms with Crippen molar-refractivity contribution in [2.75, 3.05) is 5.75 Å². The number of rotatable bonds is 8. The fourth-order valence-electron chi connectivity index (χ4n) is 1.22. The Hall–Kier alpha value is -0.200. The number of thiocarbonyl (C=S) groups is 1. The lowest BCUT2D eigenvalue weighted by molar-refractivity contribution is 0.534. The van der Waals surface area contributed by atoms with Crippen molar-refractivity contribution in [3.8, 4) is 0 Å². The molecule has 0 aromatic rings. The molecule has 0 aromatic carbocycles. The minimum atomic E-state index is -3.20. The number of hydrogen-bond acceptors (Lipinski definition) is 3. The molecule has 4 nitrogen and oxygen atoms in total. The first-order valence-electron chi connectivity index (χ1n) is 5.55. The van der Waals surface area contributed by atoms with Crippen LogP contribution in [-0.2, 0) is 10.0 Å². The molecular weight excluding hydrogens is 244 g/mol. The Labute approximate surface area is 104 Å². The molecule has 0 bridgehead atoms. The van der Waals surface area contributed by atoms with Gasteiger partial charge in [0.15, 0.2) is 0 Å². The molecule has 0 spiro atoms. The van der Waals surface area contributed by atoms with Gasteiger partial charge < -0.3 is 5.73 Å². The van der Waals surface area contributed by atoms with Crippen LogP contribution in [0.1, 0.15) is 40.0 Å². The van der Waals surface area contributed by atoms with E-state index in [0.717, 1.165) is 0 Å². The number of sulfonamides is 1. The van der Waals surface area contributed by atoms with E-state index < -0.39 is 10.0 Å². The van der Waals surface area contributed by atoms with Crippen LogP contribution in [0.4, 0.5) is 0 Å². The lowest BCUT2D eigenvalue weighted by atomic mass is 10.2. The second kappa shape index (κ2) is 7.19. The van der Waals surface area contributed by atoms with Gasteiger partial charge >= 0.3 is 0 Å². The summed E-state index contributed by atoms with van der Waals surface area (Å²) in [6.07, 6.45) is 1.78. The molecule has 0 saturated heterocycles. The Morgan fingerprint density at radius 3 is 2.38 bits per heavy atom. The first-order valence-corrected chi connectivity index (χ1v) is 7.61. The third kappa shape index (κ3) is 8.01. The van der Waals surface area contributed by atoms with Gasteiger partial charge in [-0.3, -0.25) is 0 Å². The summed E-state index contributed by atoms with van der Waals surface area (Å²) in [4.78, 5) is 0.346. The number of nitrogens with two attached hydrogens (primary N) is 1. The van der Waals surface area contributed by atoms with Crippen LogP contribution in [0.15, 0.2) is 0 Å². The lowest BCUT2D eigenvalue weighted by Crippen LogP contribution is -2.38. The van der Waals surface area contributed by atoms with Crippen molar-refractivity contribution < 1.29 is 8.42 Å². The Morgan fingerprint density at radius 2 is 2.00 bits per heavy atom. The molecule has 0 rings (SSSR count). The van der Waals surface area contributed by atoms with Crippen molar-refractivity contribution in [1.82, 2.24) is 4.72 Å². The van der Waals surface area contributed by atoms with E-state index >= 15 is 0 Å². The monoisotopic (exact) mass is 266 g/mol. The van der Waals surface area contributed by atoms with Gasteiger partial charge in [0.25, 0.3) is 0 Å². The first kappa shape index (κ1) is 15.8. The van der Waals surface area contributed by atoms with E-state index in [9.17, 15) is 8.42 Å². The van der Waals surface area contributed by atoms with Gasteiger partial charge in [-0.25, -0.2) is 13.1 Å². The van der Waals surface area contributed by atoms with Crippen LogP contribution in [0, 0.1) is 5.92 Å². The highest BCUT2D eigenvalue weighted by molar-refractivity contribution is 7.89. The van der Waals surface area contributed by atoms with Gasteiger partial charge in [-0.15, -0.1) is 0 Å². The second-order valence-corrected chi connectivity index (χ2v) is 6.79. The molecule has 0 amide bonds. The van der Waals surface area contributed by atoms with Gasteiger partial charge in [0.05, 0.1) is 10.7 Å². The maximum atomic E-state index is 11.7. The summed E-state index contributed by atoms with van der Waals surface area (Å²) in [5.41, 5.74) is 5.41. The van der Waals surface area contributed by atoms with Crippen LogP contribution in [0.25, 0.3) is 0 Å². The highest BCUT2D eigenvalue weighted by Gasteiger charge is 2.17. The molecule has 0 aliphatic carbocycles. The molecular formula is C10H22N2O2S2. The van der Waals surface area contributed by atoms with E-state index in [4.69, 9.17) is 18.0 Å². The van der Waals surface area contributed by atoms with Crippen molar-refractivity contribution in [3.63, 3.8) is 0 Å². The van der Waals surface area contributed by atoms with Gasteiger partial charge in [0.2, 0.25) is 10.0 Å². The Kier molecular flexibility index (Phi) is 7.10. The van der Waals surface area contributed by atoms with Crippen LogP contribution >= 0.6 is 12.2 Å². The normalized spacial score (nSPS) is 14.0. The van der Waals surface area contributed by atoms with Crippen LogP contribution in [0.2, 0.25) is 0 Å². The summed E-state index contributed by atoms with van der Waals surface area (Å²) in [7, 11) is -3.20. The Morgan fingerprint density at radius 1 is 1.44 bits per heavy atom. The van der Waals surface area contributed by atoms with Gasteiger partial charge in [0.1, 0.15) is 0 Å². The third-order valence-corrected chi connectivity index (χ3v) is 3.88. The molecule has 1 atom stereocenters. The number of hydrogen-bond donors (Lipinski definition) is 2. The summed E-state index contributed by atoms with van der Waals surface area (Å²) in [5, 5.41) is 0. The summed E-state index contributed by atoms with van der Waals surface area (Å²) >= 11 is 4.78. The molecule has 6 heteroatoms. The fraction of sp³-hybridized carbons (Fsp3) is 0.900. The zero-order valence-corrected chi connectivity index (χ0v) is 11.8. The van der Waals surface area contributed by atoms with E-state index in [-0.39, 0.29) is 11.8 Å². The average molecular weight is 266 g/mol. The van der Waals surface area contributed by atoms with E-state index in [2.05, 4.69) is 4.72 Å². The highest BCUT2D eigenvalue weighted by atomic mass is 32.2. The average Bonchev–Trinajstić information content (AvgIpc) is 2.13. The van der Waals surface area contributed by atoms with Crippen LogP contribution in [0.3, 0.4) is 0 Å². The summed E-state index contributed by atoms with van der Waals surface area (Å²) in [5.74, 6) is 0.547. The van der Waals surface area contributed by atoms with E-state index in [1.807, 2.05) is 20.8 Å². The standard InChI is InChI=1S/C10H22N2O2S2/c1-4-9(7-10(11)15)12-16(13,14)6-5-8(2)3/h8-9,12H,4-7H2,1-3H3,(H2,11,15). The largest absolute Gasteiger partial charge is 0.393 e. The van der Waals surface area contributed by atoms with Crippen LogP contribution in [-0.4, -0.2) is 25.2 Å². The van der Waals surface area contributed by atoms with Gasteiger partial charge in [-0.1, -0.05) is 33.0 Å². The molecule has 0 radical (unpaired) electrons. The quantitative estimate of drug-likeness (QED) is 0.652. The summed E-state index contributed by atoms with van der Waals surface area (Å²) in [6, 6.07) is -0.172. The van der Waals surface area contributed by atoms with E-state index in [0.29, 0.717) is 30.2 Å². The van der Waals surface area contributed by atoms with Crippen molar-refractivity contribution in [2.24, 2.45) is 11.7 Å². The Bertz CT molecular complexity index is 313. The Balaban J connectivity index is 4.26. The predicted molar refractivity (Wildman–Crippen MR) is 71.9 cm³/mol. The van der Waals surface area contributed by atoms with Crippen LogP contribution in [0.5, 0.6) is 0 Å². The molecule has 0 fully saturated rings. The smallest absolute Gasteiger partial charge is 0.211 e. The van der Waals surface area contributed by atoms with E-state index in [1.54, 1.807) is 0 Å². The maximum Gasteiger partial charge on any atom is 0.211 e. The first-order chi connectivity index (χ1) is 7.26. The molecule has 3 N–H and O–H groups in total. The maximum absolute atomic E-state index is 11.7. The van der Waals surface area contributed by atoms with Gasteiger partial charge in [0, 0.05) is 12.5 Å². The van der Waals surface area contributed by atoms with Gasteiger partial charge in [-0.05, 0) is 18.8 Å². The summed E-state index contributed by atoms with van der Waals surface area (Å²) < 4.78 is 26.0. The predicted octanol–water partition coefficient (Wildman–Crippen LogP) is 1.41. The minimum absolute atomic E-state index is 0.165. The molecule has 0 saturated carbocycles. The fourth-order valence-corrected chi connectivity index (χ4v) is 3.07. The molecule has 1 unspecified atom stereocenters. The minimum Gasteiger partial charge on any atom is -0.393 e. The third-order valence-electron chi connectivity index (χ3n) is 2.25. The van der Waals surface area contributed by atoms with Crippen molar-refractivity contribution >= 4 is 27.2 Å². The van der Waals surface area contributed by atoms with Crippen LogP contribution < -0.4 is 10.5 Å². The van der Waals surface area contributed by atoms with E-state index in [1.165, 1.54) is 0 Å². The van der Waals surface area contributed by atoms with Crippen molar-refractivity contribution in [2.45, 2.75) is 46.1 Å². The zero-order valence-electron chi connectivity index (χ0n) is 10.2. The molecule has 0 heterocycles. The molecule has 0 aromatic heterocycles. The molecule has 96 valence electrons. The second-order valence-electron chi connectivity index (χ2n) is 4.39. The number of nitrogens with one attached hydrogen (secondary N) is 1. The molecule has 16 heavy (non-hydrogen) atoms. The van der Waals surface area contributed by atoms with Crippen molar-refractivity contribution in [1.29, 1.82) is 0 Å². The summed E-state index contributed by atoms with van der Waals surface area (Å²) in [6.45, 7) is 5.91. The molecule has 0 aliphatic heterocycles. The topological polar surface area (TPSA) is 72.2 Å². The SMILES string of the molecule is CCC(CC(N)=S)NS(=O)(=O)CCC(C)C. The highest BCUT2D eigenvalue weighted by Crippen LogP contribution is 2.05. The lowest BCUT2D eigenvalue weighted by Gasteiger charge is -2.16. The van der Waals surface area contributed by atoms with Gasteiger partial charge in [-0.2, -0.15) is 0 Å². The molecule has 0 aliphatic rings.